The van der Waals surface area contributed by atoms with E-state index < -0.39 is 0 Å². The summed E-state index contributed by atoms with van der Waals surface area (Å²) in [4.78, 5) is 13.1. The zero-order valence-corrected chi connectivity index (χ0v) is 9.41. The Balaban J connectivity index is 1.82. The number of carbonyl (C=O) groups excluding carboxylic acids is 1. The predicted molar refractivity (Wildman–Crippen MR) is 59.4 cm³/mol. The molecule has 0 spiro atoms. The number of primary amides is 1. The van der Waals surface area contributed by atoms with Gasteiger partial charge in [0.2, 0.25) is 5.91 Å². The molecule has 4 nitrogen and oxygen atoms in total. The summed E-state index contributed by atoms with van der Waals surface area (Å²) < 4.78 is 0. The Morgan fingerprint density at radius 1 is 1.40 bits per heavy atom. The van der Waals surface area contributed by atoms with E-state index in [0.717, 1.165) is 19.1 Å². The van der Waals surface area contributed by atoms with Gasteiger partial charge in [0.25, 0.3) is 0 Å². The van der Waals surface area contributed by atoms with Gasteiger partial charge in [-0.25, -0.2) is 0 Å². The molecule has 2 aliphatic rings. The van der Waals surface area contributed by atoms with Crippen LogP contribution in [0.5, 0.6) is 0 Å². The lowest BCUT2D eigenvalue weighted by atomic mass is 9.96. The molecule has 1 saturated heterocycles. The molecule has 2 rings (SSSR count). The van der Waals surface area contributed by atoms with E-state index in [4.69, 9.17) is 5.73 Å². The summed E-state index contributed by atoms with van der Waals surface area (Å²) >= 11 is 0. The number of piperidine rings is 1. The molecule has 1 aliphatic carbocycles. The Morgan fingerprint density at radius 2 is 2.13 bits per heavy atom. The second-order valence-corrected chi connectivity index (χ2v) is 5.14. The van der Waals surface area contributed by atoms with E-state index in [1.165, 1.54) is 19.3 Å². The first-order valence-corrected chi connectivity index (χ1v) is 5.90. The van der Waals surface area contributed by atoms with E-state index in [-0.39, 0.29) is 5.91 Å². The summed E-state index contributed by atoms with van der Waals surface area (Å²) in [7, 11) is 0. The molecular weight excluding hydrogens is 190 g/mol. The van der Waals surface area contributed by atoms with Crippen LogP contribution in [0.2, 0.25) is 0 Å². The van der Waals surface area contributed by atoms with Crippen LogP contribution >= 0.6 is 0 Å². The zero-order chi connectivity index (χ0) is 10.8. The summed E-state index contributed by atoms with van der Waals surface area (Å²) in [6.07, 6.45) is 3.87. The SMILES string of the molecule is CC1CC(NC2CC2)CN(CC(N)=O)C1. The lowest BCUT2D eigenvalue weighted by molar-refractivity contribution is -0.119. The average molecular weight is 211 g/mol. The monoisotopic (exact) mass is 211 g/mol. The highest BCUT2D eigenvalue weighted by Gasteiger charge is 2.30. The van der Waals surface area contributed by atoms with Crippen molar-refractivity contribution in [3.8, 4) is 0 Å². The summed E-state index contributed by atoms with van der Waals surface area (Å²) in [5.74, 6) is 0.448. The zero-order valence-electron chi connectivity index (χ0n) is 9.41. The lowest BCUT2D eigenvalue weighted by Crippen LogP contribution is -2.51. The fourth-order valence-corrected chi connectivity index (χ4v) is 2.52. The van der Waals surface area contributed by atoms with Gasteiger partial charge in [0.1, 0.15) is 0 Å². The predicted octanol–water partition coefficient (Wildman–Crippen LogP) is -0.0659. The van der Waals surface area contributed by atoms with Crippen LogP contribution in [0.4, 0.5) is 0 Å². The number of amides is 1. The number of hydrogen-bond acceptors (Lipinski definition) is 3. The highest BCUT2D eigenvalue weighted by molar-refractivity contribution is 5.75. The summed E-state index contributed by atoms with van der Waals surface area (Å²) in [6.45, 7) is 4.64. The Kier molecular flexibility index (Phi) is 3.26. The molecule has 0 radical (unpaired) electrons. The maximum absolute atomic E-state index is 10.9. The van der Waals surface area contributed by atoms with Crippen LogP contribution in [-0.4, -0.2) is 42.5 Å². The second kappa shape index (κ2) is 4.49. The van der Waals surface area contributed by atoms with Gasteiger partial charge in [-0.1, -0.05) is 6.92 Å². The average Bonchev–Trinajstić information content (AvgIpc) is 2.85. The molecule has 3 N–H and O–H groups in total. The van der Waals surface area contributed by atoms with Crippen LogP contribution in [0, 0.1) is 5.92 Å². The number of nitrogens with one attached hydrogen (secondary N) is 1. The molecule has 0 bridgehead atoms. The molecule has 15 heavy (non-hydrogen) atoms. The summed E-state index contributed by atoms with van der Waals surface area (Å²) in [6, 6.07) is 1.30. The normalized spacial score (nSPS) is 32.9. The number of carbonyl (C=O) groups is 1. The van der Waals surface area contributed by atoms with Crippen molar-refractivity contribution < 1.29 is 4.79 Å². The summed E-state index contributed by atoms with van der Waals surface area (Å²) in [5, 5.41) is 3.63. The Labute approximate surface area is 91.2 Å². The van der Waals surface area contributed by atoms with E-state index in [0.29, 0.717) is 18.5 Å². The third-order valence-electron chi connectivity index (χ3n) is 3.16. The first-order chi connectivity index (χ1) is 7.13. The van der Waals surface area contributed by atoms with Crippen molar-refractivity contribution >= 4 is 5.91 Å². The van der Waals surface area contributed by atoms with Crippen molar-refractivity contribution in [2.45, 2.75) is 38.3 Å². The largest absolute Gasteiger partial charge is 0.369 e. The van der Waals surface area contributed by atoms with E-state index in [9.17, 15) is 4.79 Å². The third kappa shape index (κ3) is 3.47. The topological polar surface area (TPSA) is 58.4 Å². The van der Waals surface area contributed by atoms with E-state index in [1.807, 2.05) is 0 Å². The first-order valence-electron chi connectivity index (χ1n) is 5.90. The second-order valence-electron chi connectivity index (χ2n) is 5.14. The quantitative estimate of drug-likeness (QED) is 0.684. The van der Waals surface area contributed by atoms with Crippen molar-refractivity contribution in [3.05, 3.63) is 0 Å². The molecule has 2 fully saturated rings. The van der Waals surface area contributed by atoms with Gasteiger partial charge in [0.15, 0.2) is 0 Å². The molecule has 1 aliphatic heterocycles. The van der Waals surface area contributed by atoms with Crippen LogP contribution in [0.3, 0.4) is 0 Å². The summed E-state index contributed by atoms with van der Waals surface area (Å²) in [5.41, 5.74) is 5.23. The Morgan fingerprint density at radius 3 is 2.73 bits per heavy atom. The van der Waals surface area contributed by atoms with Gasteiger partial charge < -0.3 is 11.1 Å². The van der Waals surface area contributed by atoms with E-state index in [2.05, 4.69) is 17.1 Å². The lowest BCUT2D eigenvalue weighted by Gasteiger charge is -2.36. The van der Waals surface area contributed by atoms with Crippen molar-refractivity contribution in [1.82, 2.24) is 10.2 Å². The first kappa shape index (κ1) is 10.9. The van der Waals surface area contributed by atoms with Gasteiger partial charge in [-0.3, -0.25) is 9.69 Å². The fourth-order valence-electron chi connectivity index (χ4n) is 2.52. The number of rotatable bonds is 4. The van der Waals surface area contributed by atoms with Crippen molar-refractivity contribution in [1.29, 1.82) is 0 Å². The molecule has 1 amide bonds. The minimum absolute atomic E-state index is 0.214. The maximum atomic E-state index is 10.9. The molecule has 1 saturated carbocycles. The van der Waals surface area contributed by atoms with Crippen molar-refractivity contribution in [2.24, 2.45) is 11.7 Å². The fraction of sp³-hybridized carbons (Fsp3) is 0.909. The molecule has 2 unspecified atom stereocenters. The van der Waals surface area contributed by atoms with Crippen LogP contribution in [0.1, 0.15) is 26.2 Å². The number of hydrogen-bond donors (Lipinski definition) is 2. The standard InChI is InChI=1S/C11H21N3O/c1-8-4-10(13-9-2-3-9)6-14(5-8)7-11(12)15/h8-10,13H,2-7H2,1H3,(H2,12,15). The highest BCUT2D eigenvalue weighted by Crippen LogP contribution is 2.23. The third-order valence-corrected chi connectivity index (χ3v) is 3.16. The van der Waals surface area contributed by atoms with Gasteiger partial charge in [0.05, 0.1) is 6.54 Å². The van der Waals surface area contributed by atoms with E-state index >= 15 is 0 Å². The van der Waals surface area contributed by atoms with Gasteiger partial charge in [0, 0.05) is 25.2 Å². The van der Waals surface area contributed by atoms with Crippen molar-refractivity contribution in [2.75, 3.05) is 19.6 Å². The van der Waals surface area contributed by atoms with Gasteiger partial charge in [-0.15, -0.1) is 0 Å². The number of nitrogens with two attached hydrogens (primary N) is 1. The Hall–Kier alpha value is -0.610. The van der Waals surface area contributed by atoms with Crippen LogP contribution in [0.25, 0.3) is 0 Å². The minimum Gasteiger partial charge on any atom is -0.369 e. The molecule has 2 atom stereocenters. The highest BCUT2D eigenvalue weighted by atomic mass is 16.1. The maximum Gasteiger partial charge on any atom is 0.231 e. The molecular formula is C11H21N3O. The molecule has 0 aromatic heterocycles. The molecule has 1 heterocycles. The van der Waals surface area contributed by atoms with Gasteiger partial charge in [-0.2, -0.15) is 0 Å². The molecule has 0 aromatic carbocycles. The van der Waals surface area contributed by atoms with Crippen molar-refractivity contribution in [3.63, 3.8) is 0 Å². The van der Waals surface area contributed by atoms with E-state index in [1.54, 1.807) is 0 Å². The van der Waals surface area contributed by atoms with Gasteiger partial charge in [-0.05, 0) is 25.2 Å². The Bertz CT molecular complexity index is 238. The number of likely N-dealkylation sites (tertiary alicyclic amines) is 1. The van der Waals surface area contributed by atoms with Crippen LogP contribution in [-0.2, 0) is 4.79 Å². The molecule has 4 heteroatoms. The van der Waals surface area contributed by atoms with Crippen LogP contribution < -0.4 is 11.1 Å². The van der Waals surface area contributed by atoms with Crippen LogP contribution in [0.15, 0.2) is 0 Å². The molecule has 86 valence electrons. The minimum atomic E-state index is -0.214. The smallest absolute Gasteiger partial charge is 0.231 e. The van der Waals surface area contributed by atoms with Gasteiger partial charge >= 0.3 is 0 Å². The molecule has 0 aromatic rings. The number of nitrogens with zero attached hydrogens (tertiary/aromatic N) is 1.